The Morgan fingerprint density at radius 2 is 2.35 bits per heavy atom. The normalized spacial score (nSPS) is 19.5. The minimum atomic E-state index is -0.0382. The lowest BCUT2D eigenvalue weighted by molar-refractivity contribution is -0.129. The van der Waals surface area contributed by atoms with Gasteiger partial charge in [-0.2, -0.15) is 0 Å². The second-order valence-electron chi connectivity index (χ2n) is 4.41. The Morgan fingerprint density at radius 1 is 1.59 bits per heavy atom. The Kier molecular flexibility index (Phi) is 3.66. The van der Waals surface area contributed by atoms with Crippen LogP contribution >= 0.6 is 15.9 Å². The van der Waals surface area contributed by atoms with Gasteiger partial charge in [0.05, 0.1) is 10.2 Å². The van der Waals surface area contributed by atoms with Gasteiger partial charge in [-0.25, -0.2) is 0 Å². The Labute approximate surface area is 110 Å². The Balaban J connectivity index is 2.26. The fraction of sp³-hybridized carbons (Fsp3) is 0.500. The van der Waals surface area contributed by atoms with Crippen molar-refractivity contribution >= 4 is 27.5 Å². The molecule has 1 atom stereocenters. The van der Waals surface area contributed by atoms with E-state index < -0.39 is 0 Å². The molecule has 1 aromatic rings. The Hall–Kier alpha value is -1.10. The highest BCUT2D eigenvalue weighted by atomic mass is 79.9. The summed E-state index contributed by atoms with van der Waals surface area (Å²) in [6, 6.07) is 1.91. The van der Waals surface area contributed by atoms with Gasteiger partial charge in [0.25, 0.3) is 0 Å². The van der Waals surface area contributed by atoms with Crippen LogP contribution in [0.15, 0.2) is 22.9 Å². The molecule has 0 N–H and O–H groups in total. The van der Waals surface area contributed by atoms with Crippen molar-refractivity contribution in [1.82, 2.24) is 9.88 Å². The molecule has 1 unspecified atom stereocenters. The number of pyridine rings is 1. The summed E-state index contributed by atoms with van der Waals surface area (Å²) < 4.78 is 0.943. The van der Waals surface area contributed by atoms with E-state index in [0.29, 0.717) is 0 Å². The average Bonchev–Trinajstić information content (AvgIpc) is 2.77. The van der Waals surface area contributed by atoms with Crippen LogP contribution in [0.4, 0.5) is 5.69 Å². The lowest BCUT2D eigenvalue weighted by Crippen LogP contribution is -2.42. The van der Waals surface area contributed by atoms with Crippen LogP contribution in [-0.4, -0.2) is 42.5 Å². The number of carbonyl (C=O) groups is 1. The molecular weight excluding hydrogens is 282 g/mol. The largest absolute Gasteiger partial charge is 0.359 e. The molecule has 17 heavy (non-hydrogen) atoms. The van der Waals surface area contributed by atoms with Crippen molar-refractivity contribution in [1.29, 1.82) is 0 Å². The van der Waals surface area contributed by atoms with Gasteiger partial charge < -0.3 is 9.80 Å². The van der Waals surface area contributed by atoms with Gasteiger partial charge in [0.1, 0.15) is 6.04 Å². The van der Waals surface area contributed by atoms with E-state index in [2.05, 4.69) is 25.8 Å². The molecule has 1 saturated heterocycles. The van der Waals surface area contributed by atoms with Crippen LogP contribution in [0.3, 0.4) is 0 Å². The summed E-state index contributed by atoms with van der Waals surface area (Å²) in [5, 5.41) is 0. The molecule has 0 spiro atoms. The fourth-order valence-electron chi connectivity index (χ4n) is 2.21. The number of halogens is 1. The van der Waals surface area contributed by atoms with Gasteiger partial charge >= 0.3 is 0 Å². The van der Waals surface area contributed by atoms with Crippen molar-refractivity contribution in [3.63, 3.8) is 0 Å². The van der Waals surface area contributed by atoms with Gasteiger partial charge in [-0.1, -0.05) is 0 Å². The fourth-order valence-corrected chi connectivity index (χ4v) is 2.69. The summed E-state index contributed by atoms with van der Waals surface area (Å²) in [6.45, 7) is 0.923. The molecule has 4 nitrogen and oxygen atoms in total. The van der Waals surface area contributed by atoms with Crippen molar-refractivity contribution in [2.75, 3.05) is 25.5 Å². The molecule has 5 heteroatoms. The van der Waals surface area contributed by atoms with Gasteiger partial charge in [-0.05, 0) is 34.8 Å². The highest BCUT2D eigenvalue weighted by Crippen LogP contribution is 2.31. The topological polar surface area (TPSA) is 36.4 Å². The number of carbonyl (C=O) groups excluding carboxylic acids is 1. The van der Waals surface area contributed by atoms with E-state index in [0.717, 1.165) is 29.5 Å². The Morgan fingerprint density at radius 3 is 3.00 bits per heavy atom. The van der Waals surface area contributed by atoms with Crippen LogP contribution in [0.1, 0.15) is 12.8 Å². The number of hydrogen-bond donors (Lipinski definition) is 0. The van der Waals surface area contributed by atoms with Crippen LogP contribution in [0.5, 0.6) is 0 Å². The van der Waals surface area contributed by atoms with Gasteiger partial charge in [-0.15, -0.1) is 0 Å². The number of amides is 1. The average molecular weight is 298 g/mol. The summed E-state index contributed by atoms with van der Waals surface area (Å²) in [7, 11) is 3.61. The number of nitrogens with zero attached hydrogens (tertiary/aromatic N) is 3. The maximum Gasteiger partial charge on any atom is 0.244 e. The predicted octanol–water partition coefficient (Wildman–Crippen LogP) is 1.90. The van der Waals surface area contributed by atoms with Crippen LogP contribution < -0.4 is 4.90 Å². The molecular formula is C12H16BrN3O. The van der Waals surface area contributed by atoms with E-state index in [1.165, 1.54) is 0 Å². The zero-order valence-electron chi connectivity index (χ0n) is 10.1. The highest BCUT2D eigenvalue weighted by Gasteiger charge is 2.32. The molecule has 0 aromatic carbocycles. The number of anilines is 1. The van der Waals surface area contributed by atoms with E-state index in [1.807, 2.05) is 6.07 Å². The quantitative estimate of drug-likeness (QED) is 0.837. The number of hydrogen-bond acceptors (Lipinski definition) is 3. The molecule has 92 valence electrons. The second-order valence-corrected chi connectivity index (χ2v) is 5.27. The molecule has 1 aliphatic heterocycles. The van der Waals surface area contributed by atoms with Crippen molar-refractivity contribution < 1.29 is 4.79 Å². The van der Waals surface area contributed by atoms with Crippen molar-refractivity contribution in [3.8, 4) is 0 Å². The van der Waals surface area contributed by atoms with Crippen LogP contribution in [0.25, 0.3) is 0 Å². The van der Waals surface area contributed by atoms with Gasteiger partial charge in [0, 0.05) is 33.0 Å². The lowest BCUT2D eigenvalue weighted by atomic mass is 10.2. The summed E-state index contributed by atoms with van der Waals surface area (Å²) in [5.41, 5.74) is 1.05. The first-order valence-electron chi connectivity index (χ1n) is 5.68. The van der Waals surface area contributed by atoms with E-state index in [1.54, 1.807) is 31.4 Å². The predicted molar refractivity (Wildman–Crippen MR) is 71.0 cm³/mol. The minimum Gasteiger partial charge on any atom is -0.359 e. The molecule has 0 aliphatic carbocycles. The number of rotatable bonds is 2. The van der Waals surface area contributed by atoms with Gasteiger partial charge in [-0.3, -0.25) is 9.78 Å². The van der Waals surface area contributed by atoms with Gasteiger partial charge in [0.15, 0.2) is 0 Å². The summed E-state index contributed by atoms with van der Waals surface area (Å²) >= 11 is 3.49. The molecule has 2 heterocycles. The number of likely N-dealkylation sites (N-methyl/N-ethyl adjacent to an activating group) is 1. The maximum absolute atomic E-state index is 12.1. The molecule has 1 aromatic heterocycles. The third-order valence-electron chi connectivity index (χ3n) is 3.04. The van der Waals surface area contributed by atoms with Crippen molar-refractivity contribution in [2.45, 2.75) is 18.9 Å². The molecule has 1 fully saturated rings. The van der Waals surface area contributed by atoms with E-state index in [4.69, 9.17) is 0 Å². The van der Waals surface area contributed by atoms with Crippen LogP contribution in [0, 0.1) is 0 Å². The first kappa shape index (κ1) is 12.4. The molecule has 1 amide bonds. The molecule has 2 rings (SSSR count). The Bertz CT molecular complexity index is 422. The SMILES string of the molecule is CN(C)C(=O)C1CCCN1c1ccncc1Br. The standard InChI is InChI=1S/C12H16BrN3O/c1-15(2)12(17)11-4-3-7-16(11)10-5-6-14-8-9(10)13/h5-6,8,11H,3-4,7H2,1-2H3. The smallest absolute Gasteiger partial charge is 0.244 e. The van der Waals surface area contributed by atoms with E-state index in [-0.39, 0.29) is 11.9 Å². The highest BCUT2D eigenvalue weighted by molar-refractivity contribution is 9.10. The first-order chi connectivity index (χ1) is 8.11. The molecule has 1 aliphatic rings. The lowest BCUT2D eigenvalue weighted by Gasteiger charge is -2.28. The van der Waals surface area contributed by atoms with Crippen LogP contribution in [-0.2, 0) is 4.79 Å². The third-order valence-corrected chi connectivity index (χ3v) is 3.65. The third kappa shape index (κ3) is 2.44. The van der Waals surface area contributed by atoms with Gasteiger partial charge in [0.2, 0.25) is 5.91 Å². The number of aromatic nitrogens is 1. The molecule has 0 saturated carbocycles. The maximum atomic E-state index is 12.1. The summed E-state index contributed by atoms with van der Waals surface area (Å²) in [6.07, 6.45) is 5.51. The summed E-state index contributed by atoms with van der Waals surface area (Å²) in [5.74, 6) is 0.172. The van der Waals surface area contributed by atoms with E-state index in [9.17, 15) is 4.79 Å². The molecule has 0 bridgehead atoms. The van der Waals surface area contributed by atoms with Crippen molar-refractivity contribution in [3.05, 3.63) is 22.9 Å². The minimum absolute atomic E-state index is 0.0382. The zero-order valence-corrected chi connectivity index (χ0v) is 11.6. The second kappa shape index (κ2) is 5.04. The monoisotopic (exact) mass is 297 g/mol. The zero-order chi connectivity index (χ0) is 12.4. The van der Waals surface area contributed by atoms with Crippen molar-refractivity contribution in [2.24, 2.45) is 0 Å². The van der Waals surface area contributed by atoms with E-state index >= 15 is 0 Å². The first-order valence-corrected chi connectivity index (χ1v) is 6.48. The van der Waals surface area contributed by atoms with Crippen LogP contribution in [0.2, 0.25) is 0 Å². The molecule has 0 radical (unpaired) electrons. The summed E-state index contributed by atoms with van der Waals surface area (Å²) in [4.78, 5) is 20.0.